The van der Waals surface area contributed by atoms with Crippen LogP contribution in [0.2, 0.25) is 0 Å². The number of hydrogen-bond acceptors (Lipinski definition) is 3. The minimum Gasteiger partial charge on any atom is -0.447 e. The Hall–Kier alpha value is -0.770. The van der Waals surface area contributed by atoms with Crippen LogP contribution in [0, 0.1) is 0 Å². The van der Waals surface area contributed by atoms with E-state index < -0.39 is 0 Å². The summed E-state index contributed by atoms with van der Waals surface area (Å²) >= 11 is 0. The van der Waals surface area contributed by atoms with Crippen LogP contribution in [0.15, 0.2) is 0 Å². The molecule has 0 aromatic rings. The second-order valence-corrected chi connectivity index (χ2v) is 4.95. The Bertz CT molecular complexity index is 241. The number of carbonyl (C=O) groups is 1. The fraction of sp³-hybridized carbons (Fsp3) is 0.909. The SMILES string of the molecule is CC(C)OC(=O)N1C2CCC1CN(C)C2. The molecule has 0 N–H and O–H groups in total. The average molecular weight is 212 g/mol. The first kappa shape index (κ1) is 10.7. The van der Waals surface area contributed by atoms with Gasteiger partial charge in [-0.3, -0.25) is 4.90 Å². The third-order valence-corrected chi connectivity index (χ3v) is 3.21. The van der Waals surface area contributed by atoms with Crippen LogP contribution in [-0.4, -0.2) is 54.2 Å². The lowest BCUT2D eigenvalue weighted by Gasteiger charge is -2.38. The zero-order valence-corrected chi connectivity index (χ0v) is 9.77. The number of ether oxygens (including phenoxy) is 1. The summed E-state index contributed by atoms with van der Waals surface area (Å²) in [5, 5.41) is 0. The molecule has 2 fully saturated rings. The summed E-state index contributed by atoms with van der Waals surface area (Å²) in [6.07, 6.45) is 2.12. The van der Waals surface area contributed by atoms with E-state index in [1.54, 1.807) is 0 Å². The van der Waals surface area contributed by atoms with Crippen LogP contribution in [0.5, 0.6) is 0 Å². The number of hydrogen-bond donors (Lipinski definition) is 0. The molecule has 4 heteroatoms. The van der Waals surface area contributed by atoms with E-state index in [4.69, 9.17) is 4.74 Å². The zero-order chi connectivity index (χ0) is 11.0. The maximum Gasteiger partial charge on any atom is 0.410 e. The van der Waals surface area contributed by atoms with E-state index in [-0.39, 0.29) is 12.2 Å². The summed E-state index contributed by atoms with van der Waals surface area (Å²) in [5.41, 5.74) is 0. The van der Waals surface area contributed by atoms with E-state index in [1.165, 1.54) is 0 Å². The number of rotatable bonds is 1. The Morgan fingerprint density at radius 1 is 1.27 bits per heavy atom. The van der Waals surface area contributed by atoms with Crippen LogP contribution in [0.4, 0.5) is 4.79 Å². The molecule has 2 bridgehead atoms. The standard InChI is InChI=1S/C11H20N2O2/c1-8(2)15-11(14)13-9-4-5-10(13)7-12(3)6-9/h8-10H,4-7H2,1-3H3. The summed E-state index contributed by atoms with van der Waals surface area (Å²) in [4.78, 5) is 16.1. The number of carbonyl (C=O) groups excluding carboxylic acids is 1. The number of fused-ring (bicyclic) bond motifs is 2. The molecule has 2 aliphatic rings. The van der Waals surface area contributed by atoms with Gasteiger partial charge in [-0.05, 0) is 33.7 Å². The van der Waals surface area contributed by atoms with Gasteiger partial charge in [0.1, 0.15) is 0 Å². The zero-order valence-electron chi connectivity index (χ0n) is 9.77. The van der Waals surface area contributed by atoms with E-state index >= 15 is 0 Å². The van der Waals surface area contributed by atoms with Crippen molar-refractivity contribution in [1.29, 1.82) is 0 Å². The average Bonchev–Trinajstić information content (AvgIpc) is 2.38. The van der Waals surface area contributed by atoms with Gasteiger partial charge in [0.2, 0.25) is 0 Å². The second kappa shape index (κ2) is 4.00. The van der Waals surface area contributed by atoms with Crippen molar-refractivity contribution in [3.05, 3.63) is 0 Å². The number of nitrogens with zero attached hydrogens (tertiary/aromatic N) is 2. The van der Waals surface area contributed by atoms with Crippen LogP contribution in [0.3, 0.4) is 0 Å². The van der Waals surface area contributed by atoms with Crippen molar-refractivity contribution in [2.45, 2.75) is 44.9 Å². The van der Waals surface area contributed by atoms with Crippen molar-refractivity contribution in [2.75, 3.05) is 20.1 Å². The highest BCUT2D eigenvalue weighted by Gasteiger charge is 2.42. The van der Waals surface area contributed by atoms with Crippen LogP contribution < -0.4 is 0 Å². The predicted octanol–water partition coefficient (Wildman–Crippen LogP) is 1.31. The molecule has 0 aliphatic carbocycles. The lowest BCUT2D eigenvalue weighted by atomic mass is 10.2. The topological polar surface area (TPSA) is 32.8 Å². The largest absolute Gasteiger partial charge is 0.447 e. The Balaban J connectivity index is 2.01. The lowest BCUT2D eigenvalue weighted by molar-refractivity contribution is 0.0339. The highest BCUT2D eigenvalue weighted by atomic mass is 16.6. The van der Waals surface area contributed by atoms with Crippen molar-refractivity contribution in [3.8, 4) is 0 Å². The van der Waals surface area contributed by atoms with E-state index in [0.29, 0.717) is 12.1 Å². The van der Waals surface area contributed by atoms with E-state index in [0.717, 1.165) is 25.9 Å². The number of likely N-dealkylation sites (N-methyl/N-ethyl adjacent to an activating group) is 1. The van der Waals surface area contributed by atoms with E-state index in [1.807, 2.05) is 18.7 Å². The lowest BCUT2D eigenvalue weighted by Crippen LogP contribution is -2.55. The molecule has 0 spiro atoms. The van der Waals surface area contributed by atoms with Crippen LogP contribution in [-0.2, 0) is 4.74 Å². The smallest absolute Gasteiger partial charge is 0.410 e. The third kappa shape index (κ3) is 2.09. The number of piperazine rings is 1. The van der Waals surface area contributed by atoms with Crippen molar-refractivity contribution in [3.63, 3.8) is 0 Å². The molecule has 15 heavy (non-hydrogen) atoms. The van der Waals surface area contributed by atoms with Gasteiger partial charge in [0.25, 0.3) is 0 Å². The molecule has 2 unspecified atom stereocenters. The molecule has 0 radical (unpaired) electrons. The van der Waals surface area contributed by atoms with Crippen LogP contribution >= 0.6 is 0 Å². The first-order chi connectivity index (χ1) is 7.08. The molecule has 2 rings (SSSR count). The van der Waals surface area contributed by atoms with Crippen molar-refractivity contribution >= 4 is 6.09 Å². The van der Waals surface area contributed by atoms with Crippen molar-refractivity contribution in [1.82, 2.24) is 9.80 Å². The molecular weight excluding hydrogens is 192 g/mol. The van der Waals surface area contributed by atoms with Gasteiger partial charge in [0.15, 0.2) is 0 Å². The van der Waals surface area contributed by atoms with E-state index in [9.17, 15) is 4.79 Å². The monoisotopic (exact) mass is 212 g/mol. The van der Waals surface area contributed by atoms with Crippen LogP contribution in [0.1, 0.15) is 26.7 Å². The van der Waals surface area contributed by atoms with Gasteiger partial charge in [0.05, 0.1) is 6.10 Å². The van der Waals surface area contributed by atoms with Gasteiger partial charge in [-0.15, -0.1) is 0 Å². The normalized spacial score (nSPS) is 31.1. The Kier molecular flexibility index (Phi) is 2.87. The van der Waals surface area contributed by atoms with Gasteiger partial charge in [-0.1, -0.05) is 0 Å². The van der Waals surface area contributed by atoms with Gasteiger partial charge in [0, 0.05) is 25.2 Å². The molecule has 1 amide bonds. The molecule has 2 atom stereocenters. The van der Waals surface area contributed by atoms with Gasteiger partial charge < -0.3 is 9.64 Å². The van der Waals surface area contributed by atoms with Gasteiger partial charge in [-0.2, -0.15) is 0 Å². The fourth-order valence-electron chi connectivity index (χ4n) is 2.67. The summed E-state index contributed by atoms with van der Waals surface area (Å²) in [6.45, 7) is 5.78. The van der Waals surface area contributed by atoms with Crippen molar-refractivity contribution in [2.24, 2.45) is 0 Å². The minimum absolute atomic E-state index is 0.0171. The minimum atomic E-state index is -0.120. The van der Waals surface area contributed by atoms with Gasteiger partial charge in [-0.25, -0.2) is 4.79 Å². The second-order valence-electron chi connectivity index (χ2n) is 4.95. The highest BCUT2D eigenvalue weighted by molar-refractivity contribution is 5.69. The maximum absolute atomic E-state index is 11.9. The predicted molar refractivity (Wildman–Crippen MR) is 57.8 cm³/mol. The molecule has 2 saturated heterocycles. The highest BCUT2D eigenvalue weighted by Crippen LogP contribution is 2.30. The summed E-state index contributed by atoms with van der Waals surface area (Å²) in [6, 6.07) is 0.750. The fourth-order valence-corrected chi connectivity index (χ4v) is 2.67. The molecule has 0 aromatic heterocycles. The van der Waals surface area contributed by atoms with E-state index in [2.05, 4.69) is 11.9 Å². The molecule has 2 aliphatic heterocycles. The quantitative estimate of drug-likeness (QED) is 0.657. The summed E-state index contributed by atoms with van der Waals surface area (Å²) in [7, 11) is 2.12. The van der Waals surface area contributed by atoms with Crippen molar-refractivity contribution < 1.29 is 9.53 Å². The third-order valence-electron chi connectivity index (χ3n) is 3.21. The first-order valence-corrected chi connectivity index (χ1v) is 5.75. The molecule has 86 valence electrons. The Labute approximate surface area is 91.2 Å². The Morgan fingerprint density at radius 3 is 2.27 bits per heavy atom. The molecule has 0 aromatic carbocycles. The number of likely N-dealkylation sites (tertiary alicyclic amines) is 1. The van der Waals surface area contributed by atoms with Gasteiger partial charge >= 0.3 is 6.09 Å². The molecule has 2 heterocycles. The summed E-state index contributed by atoms with van der Waals surface area (Å²) < 4.78 is 5.27. The molecule has 0 saturated carbocycles. The number of amides is 1. The maximum atomic E-state index is 11.9. The first-order valence-electron chi connectivity index (χ1n) is 5.75. The van der Waals surface area contributed by atoms with Crippen LogP contribution in [0.25, 0.3) is 0 Å². The molecular formula is C11H20N2O2. The molecule has 4 nitrogen and oxygen atoms in total. The Morgan fingerprint density at radius 2 is 1.80 bits per heavy atom. The summed E-state index contributed by atoms with van der Waals surface area (Å²) in [5.74, 6) is 0.